The Kier molecular flexibility index (Phi) is 4.92. The van der Waals surface area contributed by atoms with Gasteiger partial charge >= 0.3 is 0 Å². The molecule has 164 valence electrons. The molecule has 6 rings (SSSR count). The second-order valence-corrected chi connectivity index (χ2v) is 16.7. The molecule has 0 saturated heterocycles. The Balaban J connectivity index is 1.55. The van der Waals surface area contributed by atoms with E-state index in [0.29, 0.717) is 11.1 Å². The third kappa shape index (κ3) is 3.05. The molecule has 2 unspecified atom stereocenters. The van der Waals surface area contributed by atoms with Gasteiger partial charge in [0.05, 0.1) is 8.07 Å². The zero-order chi connectivity index (χ0) is 23.1. The summed E-state index contributed by atoms with van der Waals surface area (Å²) in [7, 11) is -1.86. The number of benzene rings is 4. The summed E-state index contributed by atoms with van der Waals surface area (Å²) in [4.78, 5) is 0. The lowest BCUT2D eigenvalue weighted by atomic mass is 10.0. The molecular formula is C30H26Br2Si. The molecule has 3 heteroatoms. The molecule has 4 aromatic rings. The molecule has 0 radical (unpaired) electrons. The fourth-order valence-electron chi connectivity index (χ4n) is 6.71. The minimum Gasteiger partial charge on any atom is -0.0679 e. The van der Waals surface area contributed by atoms with Gasteiger partial charge in [0.15, 0.2) is 0 Å². The first kappa shape index (κ1) is 21.6. The van der Waals surface area contributed by atoms with E-state index >= 15 is 0 Å². The van der Waals surface area contributed by atoms with Gasteiger partial charge in [0.2, 0.25) is 0 Å². The molecule has 0 aromatic heterocycles. The van der Waals surface area contributed by atoms with E-state index in [1.54, 1.807) is 0 Å². The van der Waals surface area contributed by atoms with Crippen molar-refractivity contribution < 1.29 is 0 Å². The summed E-state index contributed by atoms with van der Waals surface area (Å²) < 4.78 is 2.49. The van der Waals surface area contributed by atoms with Gasteiger partial charge in [-0.15, -0.1) is 0 Å². The summed E-state index contributed by atoms with van der Waals surface area (Å²) in [5, 5.41) is 5.26. The Labute approximate surface area is 213 Å². The predicted octanol–water partition coefficient (Wildman–Crippen LogP) is 10.0. The first-order chi connectivity index (χ1) is 15.8. The van der Waals surface area contributed by atoms with Crippen LogP contribution in [0.5, 0.6) is 0 Å². The topological polar surface area (TPSA) is 0 Å². The largest absolute Gasteiger partial charge is 0.0722 e. The quantitative estimate of drug-likeness (QED) is 0.209. The first-order valence-corrected chi connectivity index (χ1v) is 16.3. The molecule has 0 amide bonds. The van der Waals surface area contributed by atoms with E-state index in [4.69, 9.17) is 0 Å². The third-order valence-corrected chi connectivity index (χ3v) is 14.1. The summed E-state index contributed by atoms with van der Waals surface area (Å²) in [6, 6.07) is 22.4. The number of hydrogen-bond acceptors (Lipinski definition) is 0. The van der Waals surface area contributed by atoms with Gasteiger partial charge in [0, 0.05) is 20.0 Å². The van der Waals surface area contributed by atoms with Crippen molar-refractivity contribution in [3.05, 3.63) is 103 Å². The van der Waals surface area contributed by atoms with E-state index in [0.717, 1.165) is 0 Å². The maximum atomic E-state index is 3.97. The van der Waals surface area contributed by atoms with Crippen molar-refractivity contribution in [2.45, 2.75) is 38.0 Å². The van der Waals surface area contributed by atoms with Gasteiger partial charge in [0.25, 0.3) is 0 Å². The Hall–Kier alpha value is -1.94. The van der Waals surface area contributed by atoms with Crippen molar-refractivity contribution in [1.82, 2.24) is 0 Å². The second kappa shape index (κ2) is 7.53. The zero-order valence-corrected chi connectivity index (χ0v) is 23.5. The van der Waals surface area contributed by atoms with Crippen LogP contribution in [0, 0.1) is 0 Å². The van der Waals surface area contributed by atoms with Crippen LogP contribution in [0.2, 0.25) is 13.1 Å². The minimum absolute atomic E-state index is 0.498. The highest BCUT2D eigenvalue weighted by atomic mass is 79.9. The lowest BCUT2D eigenvalue weighted by Gasteiger charge is -2.39. The van der Waals surface area contributed by atoms with Gasteiger partial charge in [-0.2, -0.15) is 0 Å². The highest BCUT2D eigenvalue weighted by Gasteiger charge is 2.47. The molecule has 0 saturated carbocycles. The van der Waals surface area contributed by atoms with Gasteiger partial charge in [-0.3, -0.25) is 0 Å². The Morgan fingerprint density at radius 3 is 1.45 bits per heavy atom. The number of fused-ring (bicyclic) bond motifs is 4. The lowest BCUT2D eigenvalue weighted by molar-refractivity contribution is 0.970. The average Bonchev–Trinajstić information content (AvgIpc) is 3.31. The zero-order valence-electron chi connectivity index (χ0n) is 19.3. The van der Waals surface area contributed by atoms with E-state index < -0.39 is 8.07 Å². The van der Waals surface area contributed by atoms with Gasteiger partial charge < -0.3 is 0 Å². The minimum atomic E-state index is -1.86. The van der Waals surface area contributed by atoms with Crippen molar-refractivity contribution in [3.63, 3.8) is 0 Å². The Morgan fingerprint density at radius 2 is 1.03 bits per heavy atom. The molecule has 0 aliphatic heterocycles. The standard InChI is InChI=1S/C30H26Br2Si/c1-17-13-23-25(15-19-9-5-7-11-21(19)27(23)31)29(17)33(3,4)30-18(2)14-24-26(30)16-20-10-6-8-12-22(20)28(24)32/h5-16,29-30H,1-4H3. The van der Waals surface area contributed by atoms with Crippen LogP contribution in [0.1, 0.15) is 47.2 Å². The Morgan fingerprint density at radius 1 is 0.636 bits per heavy atom. The van der Waals surface area contributed by atoms with Crippen LogP contribution in [-0.2, 0) is 0 Å². The molecule has 0 spiro atoms. The summed E-state index contributed by atoms with van der Waals surface area (Å²) in [5.41, 5.74) is 9.81. The SMILES string of the molecule is CC1=Cc2c(cc3ccccc3c2Br)C1[Si](C)(C)C1C(C)=Cc2c1cc1ccccc1c2Br. The predicted molar refractivity (Wildman–Crippen MR) is 154 cm³/mol. The molecule has 0 fully saturated rings. The summed E-state index contributed by atoms with van der Waals surface area (Å²) >= 11 is 7.93. The smallest absolute Gasteiger partial charge is 0.0679 e. The van der Waals surface area contributed by atoms with Crippen LogP contribution in [0.15, 0.2) is 80.8 Å². The fraction of sp³-hybridized carbons (Fsp3) is 0.200. The maximum absolute atomic E-state index is 3.97. The van der Waals surface area contributed by atoms with Crippen LogP contribution in [0.25, 0.3) is 33.7 Å². The molecule has 4 aromatic carbocycles. The summed E-state index contributed by atoms with van der Waals surface area (Å²) in [6.45, 7) is 9.91. The lowest BCUT2D eigenvalue weighted by Crippen LogP contribution is -2.42. The third-order valence-electron chi connectivity index (χ3n) is 7.88. The van der Waals surface area contributed by atoms with Crippen molar-refractivity contribution in [2.75, 3.05) is 0 Å². The van der Waals surface area contributed by atoms with E-state index in [1.807, 2.05) is 0 Å². The second-order valence-electron chi connectivity index (χ2n) is 10.3. The van der Waals surface area contributed by atoms with Crippen molar-refractivity contribution in [3.8, 4) is 0 Å². The summed E-state index contributed by atoms with van der Waals surface area (Å²) in [5.74, 6) is 0. The Bertz CT molecular complexity index is 1430. The highest BCUT2D eigenvalue weighted by molar-refractivity contribution is 9.11. The van der Waals surface area contributed by atoms with E-state index in [-0.39, 0.29) is 0 Å². The average molecular weight is 574 g/mol. The van der Waals surface area contributed by atoms with Crippen LogP contribution in [-0.4, -0.2) is 8.07 Å². The number of halogens is 2. The van der Waals surface area contributed by atoms with Crippen molar-refractivity contribution >= 4 is 73.6 Å². The van der Waals surface area contributed by atoms with Gasteiger partial charge in [-0.05, 0) is 89.5 Å². The number of allylic oxidation sites excluding steroid dienone is 2. The summed E-state index contributed by atoms with van der Waals surface area (Å²) in [6.07, 6.45) is 4.88. The molecule has 2 atom stereocenters. The fourth-order valence-corrected chi connectivity index (χ4v) is 13.0. The monoisotopic (exact) mass is 572 g/mol. The van der Waals surface area contributed by atoms with Gasteiger partial charge in [0.1, 0.15) is 0 Å². The van der Waals surface area contributed by atoms with Gasteiger partial charge in [-0.1, -0.05) is 97.1 Å². The molecule has 0 bridgehead atoms. The molecule has 33 heavy (non-hydrogen) atoms. The first-order valence-electron chi connectivity index (χ1n) is 11.6. The maximum Gasteiger partial charge on any atom is 0.0722 e. The normalized spacial score (nSPS) is 19.6. The van der Waals surface area contributed by atoms with Crippen molar-refractivity contribution in [2.24, 2.45) is 0 Å². The van der Waals surface area contributed by atoms with Crippen LogP contribution < -0.4 is 0 Å². The molecule has 0 heterocycles. The van der Waals surface area contributed by atoms with E-state index in [9.17, 15) is 0 Å². The molecule has 2 aliphatic rings. The van der Waals surface area contributed by atoms with E-state index in [1.165, 1.54) is 63.9 Å². The molecule has 0 nitrogen and oxygen atoms in total. The van der Waals surface area contributed by atoms with Gasteiger partial charge in [-0.25, -0.2) is 0 Å². The molecular weight excluding hydrogens is 548 g/mol. The molecule has 0 N–H and O–H groups in total. The molecule has 2 aliphatic carbocycles. The van der Waals surface area contributed by atoms with Crippen molar-refractivity contribution in [1.29, 1.82) is 0 Å². The number of hydrogen-bond donors (Lipinski definition) is 0. The van der Waals surface area contributed by atoms with Crippen LogP contribution in [0.3, 0.4) is 0 Å². The highest BCUT2D eigenvalue weighted by Crippen LogP contribution is 2.55. The van der Waals surface area contributed by atoms with Crippen LogP contribution >= 0.6 is 31.9 Å². The number of rotatable bonds is 2. The van der Waals surface area contributed by atoms with Crippen LogP contribution in [0.4, 0.5) is 0 Å². The van der Waals surface area contributed by atoms with E-state index in [2.05, 4.69) is 132 Å².